The molecule has 0 saturated carbocycles. The monoisotopic (exact) mass is 349 g/mol. The Morgan fingerprint density at radius 3 is 2.75 bits per heavy atom. The zero-order chi connectivity index (χ0) is 17.7. The first kappa shape index (κ1) is 17.7. The SMILES string of the molecule is Cc1ccc(O[C@H](C)C(=O)NCc2ccccc2Cl)c([N+](=O)[O-])n1. The van der Waals surface area contributed by atoms with E-state index < -0.39 is 22.8 Å². The van der Waals surface area contributed by atoms with E-state index in [1.165, 1.54) is 13.0 Å². The summed E-state index contributed by atoms with van der Waals surface area (Å²) in [4.78, 5) is 26.3. The number of aryl methyl sites for hydroxylation is 1. The first-order valence-corrected chi connectivity index (χ1v) is 7.56. The van der Waals surface area contributed by atoms with Gasteiger partial charge >= 0.3 is 5.82 Å². The van der Waals surface area contributed by atoms with Crippen molar-refractivity contribution < 1.29 is 14.5 Å². The van der Waals surface area contributed by atoms with Crippen LogP contribution in [0.4, 0.5) is 5.82 Å². The zero-order valence-electron chi connectivity index (χ0n) is 13.2. The highest BCUT2D eigenvalue weighted by Crippen LogP contribution is 2.25. The number of carbonyl (C=O) groups is 1. The molecule has 1 aromatic carbocycles. The van der Waals surface area contributed by atoms with Crippen LogP contribution >= 0.6 is 11.6 Å². The molecular weight excluding hydrogens is 334 g/mol. The van der Waals surface area contributed by atoms with Gasteiger partial charge in [0.1, 0.15) is 5.69 Å². The van der Waals surface area contributed by atoms with Crippen LogP contribution in [0, 0.1) is 17.0 Å². The Labute approximate surface area is 143 Å². The van der Waals surface area contributed by atoms with Gasteiger partial charge in [-0.3, -0.25) is 4.79 Å². The molecule has 24 heavy (non-hydrogen) atoms. The van der Waals surface area contributed by atoms with Gasteiger partial charge in [0.05, 0.1) is 0 Å². The largest absolute Gasteiger partial charge is 0.473 e. The summed E-state index contributed by atoms with van der Waals surface area (Å²) in [5, 5.41) is 14.2. The summed E-state index contributed by atoms with van der Waals surface area (Å²) in [5.41, 5.74) is 1.26. The molecule has 0 aliphatic rings. The van der Waals surface area contributed by atoms with Gasteiger partial charge in [-0.25, -0.2) is 0 Å². The van der Waals surface area contributed by atoms with Gasteiger partial charge in [0, 0.05) is 18.5 Å². The van der Waals surface area contributed by atoms with Crippen LogP contribution in [0.15, 0.2) is 36.4 Å². The van der Waals surface area contributed by atoms with Crippen molar-refractivity contribution in [3.63, 3.8) is 0 Å². The second-order valence-electron chi connectivity index (χ2n) is 5.10. The van der Waals surface area contributed by atoms with Gasteiger partial charge in [0.15, 0.2) is 6.10 Å². The highest BCUT2D eigenvalue weighted by Gasteiger charge is 2.22. The molecule has 0 saturated heterocycles. The number of rotatable bonds is 6. The van der Waals surface area contributed by atoms with Crippen molar-refractivity contribution in [2.45, 2.75) is 26.5 Å². The highest BCUT2D eigenvalue weighted by molar-refractivity contribution is 6.31. The molecule has 7 nitrogen and oxygen atoms in total. The Morgan fingerprint density at radius 1 is 1.38 bits per heavy atom. The number of pyridine rings is 1. The van der Waals surface area contributed by atoms with Gasteiger partial charge in [-0.1, -0.05) is 29.8 Å². The molecule has 1 atom stereocenters. The molecule has 8 heteroatoms. The van der Waals surface area contributed by atoms with E-state index in [0.717, 1.165) is 5.56 Å². The predicted molar refractivity (Wildman–Crippen MR) is 89.0 cm³/mol. The second-order valence-corrected chi connectivity index (χ2v) is 5.51. The maximum absolute atomic E-state index is 12.1. The minimum Gasteiger partial charge on any atom is -0.473 e. The van der Waals surface area contributed by atoms with Gasteiger partial charge in [-0.15, -0.1) is 0 Å². The van der Waals surface area contributed by atoms with Crippen LogP contribution in [0.1, 0.15) is 18.2 Å². The van der Waals surface area contributed by atoms with E-state index in [1.54, 1.807) is 31.2 Å². The van der Waals surface area contributed by atoms with E-state index in [2.05, 4.69) is 10.3 Å². The number of nitrogens with one attached hydrogen (secondary N) is 1. The van der Waals surface area contributed by atoms with E-state index in [1.807, 2.05) is 6.07 Å². The molecular formula is C16H16ClN3O4. The first-order valence-electron chi connectivity index (χ1n) is 7.18. The number of benzene rings is 1. The number of aromatic nitrogens is 1. The number of hydrogen-bond acceptors (Lipinski definition) is 5. The fourth-order valence-corrected chi connectivity index (χ4v) is 2.17. The van der Waals surface area contributed by atoms with Crippen molar-refractivity contribution in [1.29, 1.82) is 0 Å². The Hall–Kier alpha value is -2.67. The molecule has 0 bridgehead atoms. The van der Waals surface area contributed by atoms with Crippen LogP contribution < -0.4 is 10.1 Å². The molecule has 0 spiro atoms. The number of amides is 1. The van der Waals surface area contributed by atoms with Crippen molar-refractivity contribution in [3.05, 3.63) is 62.8 Å². The fourth-order valence-electron chi connectivity index (χ4n) is 1.96. The third-order valence-corrected chi connectivity index (χ3v) is 3.60. The Morgan fingerprint density at radius 2 is 2.08 bits per heavy atom. The van der Waals surface area contributed by atoms with E-state index in [0.29, 0.717) is 10.7 Å². The summed E-state index contributed by atoms with van der Waals surface area (Å²) in [7, 11) is 0. The molecule has 2 rings (SSSR count). The van der Waals surface area contributed by atoms with Gasteiger partial charge in [0.2, 0.25) is 5.75 Å². The van der Waals surface area contributed by atoms with Gasteiger partial charge in [0.25, 0.3) is 5.91 Å². The van der Waals surface area contributed by atoms with Crippen molar-refractivity contribution >= 4 is 23.3 Å². The summed E-state index contributed by atoms with van der Waals surface area (Å²) in [6.07, 6.45) is -0.921. The van der Waals surface area contributed by atoms with Crippen molar-refractivity contribution in [2.75, 3.05) is 0 Å². The Balaban J connectivity index is 2.02. The number of nitro groups is 1. The molecule has 1 aromatic heterocycles. The zero-order valence-corrected chi connectivity index (χ0v) is 13.9. The smallest absolute Gasteiger partial charge is 0.406 e. The lowest BCUT2D eigenvalue weighted by Gasteiger charge is -2.15. The van der Waals surface area contributed by atoms with Crippen LogP contribution in [0.5, 0.6) is 5.75 Å². The molecule has 126 valence electrons. The van der Waals surface area contributed by atoms with Crippen LogP contribution in [-0.2, 0) is 11.3 Å². The van der Waals surface area contributed by atoms with Gasteiger partial charge < -0.3 is 20.2 Å². The molecule has 0 unspecified atom stereocenters. The quantitative estimate of drug-likeness (QED) is 0.639. The third-order valence-electron chi connectivity index (χ3n) is 3.24. The summed E-state index contributed by atoms with van der Waals surface area (Å²) in [5.74, 6) is -0.878. The molecule has 0 fully saturated rings. The molecule has 0 aliphatic carbocycles. The molecule has 1 N–H and O–H groups in total. The van der Waals surface area contributed by atoms with E-state index in [9.17, 15) is 14.9 Å². The number of carbonyl (C=O) groups excluding carboxylic acids is 1. The average Bonchev–Trinajstić information content (AvgIpc) is 2.55. The van der Waals surface area contributed by atoms with E-state index in [4.69, 9.17) is 16.3 Å². The first-order chi connectivity index (χ1) is 11.4. The highest BCUT2D eigenvalue weighted by atomic mass is 35.5. The summed E-state index contributed by atoms with van der Waals surface area (Å²) < 4.78 is 5.39. The van der Waals surface area contributed by atoms with E-state index in [-0.39, 0.29) is 12.3 Å². The maximum atomic E-state index is 12.1. The van der Waals surface area contributed by atoms with Crippen LogP contribution in [0.3, 0.4) is 0 Å². The standard InChI is InChI=1S/C16H16ClN3O4/c1-10-7-8-14(15(19-10)20(22)23)24-11(2)16(21)18-9-12-5-3-4-6-13(12)17/h3-8,11H,9H2,1-2H3,(H,18,21)/t11-/m1/s1. The summed E-state index contributed by atoms with van der Waals surface area (Å²) >= 11 is 6.02. The number of halogens is 1. The fraction of sp³-hybridized carbons (Fsp3) is 0.250. The number of hydrogen-bond donors (Lipinski definition) is 1. The van der Waals surface area contributed by atoms with Crippen LogP contribution in [-0.4, -0.2) is 21.9 Å². The topological polar surface area (TPSA) is 94.4 Å². The molecule has 2 aromatic rings. The van der Waals surface area contributed by atoms with Gasteiger partial charge in [-0.05, 0) is 40.6 Å². The van der Waals surface area contributed by atoms with Gasteiger partial charge in [-0.2, -0.15) is 0 Å². The normalized spacial score (nSPS) is 11.6. The molecule has 1 amide bonds. The molecule has 0 radical (unpaired) electrons. The summed E-state index contributed by atoms with van der Waals surface area (Å²) in [6.45, 7) is 3.38. The van der Waals surface area contributed by atoms with Crippen LogP contribution in [0.25, 0.3) is 0 Å². The molecule has 0 aliphatic heterocycles. The second kappa shape index (κ2) is 7.74. The lowest BCUT2D eigenvalue weighted by Crippen LogP contribution is -2.36. The predicted octanol–water partition coefficient (Wildman–Crippen LogP) is 3.04. The van der Waals surface area contributed by atoms with Crippen molar-refractivity contribution in [3.8, 4) is 5.75 Å². The van der Waals surface area contributed by atoms with Crippen molar-refractivity contribution in [1.82, 2.24) is 10.3 Å². The lowest BCUT2D eigenvalue weighted by molar-refractivity contribution is -0.390. The summed E-state index contributed by atoms with van der Waals surface area (Å²) in [6, 6.07) is 10.1. The average molecular weight is 350 g/mol. The van der Waals surface area contributed by atoms with Crippen LogP contribution in [0.2, 0.25) is 5.02 Å². The minimum atomic E-state index is -0.921. The number of ether oxygens (including phenoxy) is 1. The number of nitrogens with zero attached hydrogens (tertiary/aromatic N) is 2. The lowest BCUT2D eigenvalue weighted by atomic mass is 10.2. The van der Waals surface area contributed by atoms with Crippen molar-refractivity contribution in [2.24, 2.45) is 0 Å². The third kappa shape index (κ3) is 4.42. The Kier molecular flexibility index (Phi) is 5.70. The van der Waals surface area contributed by atoms with E-state index >= 15 is 0 Å². The minimum absolute atomic E-state index is 0.0500. The molecule has 1 heterocycles. The Bertz CT molecular complexity index is 767. The maximum Gasteiger partial charge on any atom is 0.406 e.